The van der Waals surface area contributed by atoms with Gasteiger partial charge in [-0.1, -0.05) is 78.4 Å². The van der Waals surface area contributed by atoms with Crippen LogP contribution in [0.3, 0.4) is 0 Å². The lowest BCUT2D eigenvalue weighted by molar-refractivity contribution is -0.117. The van der Waals surface area contributed by atoms with Crippen molar-refractivity contribution < 1.29 is 4.79 Å². The number of hydrazine groups is 1. The molecule has 182 valence electrons. The number of carbonyl (C=O) groups is 1. The van der Waals surface area contributed by atoms with E-state index in [9.17, 15) is 4.79 Å². The monoisotopic (exact) mass is 487 g/mol. The van der Waals surface area contributed by atoms with Crippen molar-refractivity contribution in [2.24, 2.45) is 15.2 Å². The second-order valence-electron chi connectivity index (χ2n) is 8.52. The highest BCUT2D eigenvalue weighted by atomic mass is 16.2. The molecular weight excluding hydrogens is 462 g/mol. The number of nitrogens with two attached hydrogens (primary N) is 2. The Balaban J connectivity index is 1.58. The SMILES string of the molecule is Cc1ccc(N=Nc2cc(N3NC(=O)/C(=C/c4ccccc4)N=C3c3ccccc3)c(N)cc2N)cc1. The predicted octanol–water partition coefficient (Wildman–Crippen LogP) is 5.91. The first-order chi connectivity index (χ1) is 18.0. The summed E-state index contributed by atoms with van der Waals surface area (Å²) in [5, 5.41) is 10.2. The Morgan fingerprint density at radius 2 is 1.51 bits per heavy atom. The van der Waals surface area contributed by atoms with Gasteiger partial charge < -0.3 is 11.5 Å². The lowest BCUT2D eigenvalue weighted by Gasteiger charge is -2.31. The molecule has 0 unspecified atom stereocenters. The van der Waals surface area contributed by atoms with Gasteiger partial charge in [0, 0.05) is 5.56 Å². The van der Waals surface area contributed by atoms with E-state index in [2.05, 4.69) is 15.7 Å². The molecule has 1 heterocycles. The average Bonchev–Trinajstić information content (AvgIpc) is 2.91. The molecule has 0 aromatic heterocycles. The third-order valence-corrected chi connectivity index (χ3v) is 5.74. The zero-order chi connectivity index (χ0) is 25.8. The molecule has 4 aromatic rings. The largest absolute Gasteiger partial charge is 0.397 e. The Morgan fingerprint density at radius 3 is 2.22 bits per heavy atom. The molecule has 8 heteroatoms. The van der Waals surface area contributed by atoms with Crippen molar-refractivity contribution in [1.82, 2.24) is 5.43 Å². The van der Waals surface area contributed by atoms with Crippen molar-refractivity contribution in [3.8, 4) is 0 Å². The fourth-order valence-corrected chi connectivity index (χ4v) is 3.80. The lowest BCUT2D eigenvalue weighted by Crippen LogP contribution is -2.51. The number of benzene rings is 4. The van der Waals surface area contributed by atoms with Gasteiger partial charge in [-0.25, -0.2) is 10.0 Å². The van der Waals surface area contributed by atoms with Gasteiger partial charge in [0.15, 0.2) is 5.84 Å². The Bertz CT molecular complexity index is 1530. The normalized spacial score (nSPS) is 14.6. The van der Waals surface area contributed by atoms with E-state index in [1.54, 1.807) is 23.2 Å². The summed E-state index contributed by atoms with van der Waals surface area (Å²) in [5.41, 5.74) is 20.9. The highest BCUT2D eigenvalue weighted by Gasteiger charge is 2.28. The maximum Gasteiger partial charge on any atom is 0.288 e. The topological polar surface area (TPSA) is 121 Å². The van der Waals surface area contributed by atoms with Gasteiger partial charge in [0.2, 0.25) is 0 Å². The second kappa shape index (κ2) is 10.2. The number of azo groups is 1. The van der Waals surface area contributed by atoms with Gasteiger partial charge in [-0.2, -0.15) is 5.11 Å². The van der Waals surface area contributed by atoms with Crippen LogP contribution in [0.5, 0.6) is 0 Å². The van der Waals surface area contributed by atoms with Crippen LogP contribution in [0.4, 0.5) is 28.4 Å². The molecule has 37 heavy (non-hydrogen) atoms. The summed E-state index contributed by atoms with van der Waals surface area (Å²) in [4.78, 5) is 17.9. The van der Waals surface area contributed by atoms with Crippen LogP contribution >= 0.6 is 0 Å². The summed E-state index contributed by atoms with van der Waals surface area (Å²) in [6.45, 7) is 2.00. The lowest BCUT2D eigenvalue weighted by atomic mass is 10.1. The van der Waals surface area contributed by atoms with E-state index in [0.717, 1.165) is 16.7 Å². The predicted molar refractivity (Wildman–Crippen MR) is 149 cm³/mol. The van der Waals surface area contributed by atoms with Crippen molar-refractivity contribution in [1.29, 1.82) is 0 Å². The maximum atomic E-state index is 13.1. The zero-order valence-corrected chi connectivity index (χ0v) is 20.2. The molecule has 1 aliphatic rings. The quantitative estimate of drug-likeness (QED) is 0.184. The molecule has 0 spiro atoms. The number of carbonyl (C=O) groups excluding carboxylic acids is 1. The van der Waals surface area contributed by atoms with Crippen molar-refractivity contribution in [3.05, 3.63) is 119 Å². The Labute approximate surface area is 214 Å². The van der Waals surface area contributed by atoms with Crippen molar-refractivity contribution >= 4 is 46.3 Å². The fourth-order valence-electron chi connectivity index (χ4n) is 3.80. The summed E-state index contributed by atoms with van der Waals surface area (Å²) in [6.07, 6.45) is 1.74. The van der Waals surface area contributed by atoms with Gasteiger partial charge in [0.05, 0.1) is 22.7 Å². The molecular formula is C29H25N7O. The van der Waals surface area contributed by atoms with Gasteiger partial charge in [-0.15, -0.1) is 5.11 Å². The second-order valence-corrected chi connectivity index (χ2v) is 8.52. The first-order valence-corrected chi connectivity index (χ1v) is 11.7. The van der Waals surface area contributed by atoms with Crippen molar-refractivity contribution in [2.75, 3.05) is 16.5 Å². The van der Waals surface area contributed by atoms with Crippen LogP contribution in [-0.2, 0) is 4.79 Å². The third-order valence-electron chi connectivity index (χ3n) is 5.74. The third kappa shape index (κ3) is 5.23. The summed E-state index contributed by atoms with van der Waals surface area (Å²) in [5.74, 6) is 0.128. The van der Waals surface area contributed by atoms with E-state index < -0.39 is 0 Å². The summed E-state index contributed by atoms with van der Waals surface area (Å²) < 4.78 is 0. The number of aliphatic imine (C=N–C) groups is 1. The van der Waals surface area contributed by atoms with Crippen molar-refractivity contribution in [2.45, 2.75) is 6.92 Å². The molecule has 1 aliphatic heterocycles. The number of aryl methyl sites for hydroxylation is 1. The van der Waals surface area contributed by atoms with Crippen LogP contribution < -0.4 is 21.9 Å². The number of hydrogen-bond acceptors (Lipinski definition) is 7. The van der Waals surface area contributed by atoms with E-state index in [0.29, 0.717) is 34.3 Å². The number of nitrogens with one attached hydrogen (secondary N) is 1. The van der Waals surface area contributed by atoms with Crippen LogP contribution in [-0.4, -0.2) is 11.7 Å². The number of nitrogen functional groups attached to an aromatic ring is 2. The van der Waals surface area contributed by atoms with Gasteiger partial charge in [0.1, 0.15) is 11.4 Å². The Kier molecular flexibility index (Phi) is 6.46. The number of anilines is 3. The molecule has 0 atom stereocenters. The minimum absolute atomic E-state index is 0.273. The molecule has 5 rings (SSSR count). The highest BCUT2D eigenvalue weighted by Crippen LogP contribution is 2.36. The van der Waals surface area contributed by atoms with Crippen LogP contribution in [0.2, 0.25) is 0 Å². The van der Waals surface area contributed by atoms with Gasteiger partial charge in [-0.3, -0.25) is 10.2 Å². The summed E-state index contributed by atoms with van der Waals surface area (Å²) in [6, 6.07) is 30.0. The molecule has 0 saturated heterocycles. The highest BCUT2D eigenvalue weighted by molar-refractivity contribution is 6.18. The molecule has 0 radical (unpaired) electrons. The van der Waals surface area contributed by atoms with Gasteiger partial charge >= 0.3 is 0 Å². The minimum Gasteiger partial charge on any atom is -0.397 e. The van der Waals surface area contributed by atoms with E-state index >= 15 is 0 Å². The number of amidine groups is 1. The maximum absolute atomic E-state index is 13.1. The van der Waals surface area contributed by atoms with Crippen molar-refractivity contribution in [3.63, 3.8) is 0 Å². The summed E-state index contributed by atoms with van der Waals surface area (Å²) in [7, 11) is 0. The molecule has 5 N–H and O–H groups in total. The molecule has 1 amide bonds. The summed E-state index contributed by atoms with van der Waals surface area (Å²) >= 11 is 0. The molecule has 0 aliphatic carbocycles. The molecule has 0 saturated carbocycles. The molecule has 0 bridgehead atoms. The smallest absolute Gasteiger partial charge is 0.288 e. The fraction of sp³-hybridized carbons (Fsp3) is 0.0345. The average molecular weight is 488 g/mol. The molecule has 8 nitrogen and oxygen atoms in total. The van der Waals surface area contributed by atoms with Crippen LogP contribution in [0.15, 0.2) is 118 Å². The van der Waals surface area contributed by atoms with Gasteiger partial charge in [-0.05, 0) is 42.8 Å². The molecule has 0 fully saturated rings. The zero-order valence-electron chi connectivity index (χ0n) is 20.2. The van der Waals surface area contributed by atoms with E-state index in [1.807, 2.05) is 91.9 Å². The number of amides is 1. The van der Waals surface area contributed by atoms with Gasteiger partial charge in [0.25, 0.3) is 5.91 Å². The first-order valence-electron chi connectivity index (χ1n) is 11.7. The van der Waals surface area contributed by atoms with E-state index in [-0.39, 0.29) is 11.6 Å². The van der Waals surface area contributed by atoms with Crippen LogP contribution in [0.25, 0.3) is 6.08 Å². The Morgan fingerprint density at radius 1 is 0.838 bits per heavy atom. The standard InChI is InChI=1S/C29H25N7O/c1-19-12-14-22(15-13-19)33-34-25-18-27(24(31)17-23(25)30)36-28(21-10-6-3-7-11-21)32-26(29(37)35-36)16-20-8-4-2-5-9-20/h2-18H,30-31H2,1H3,(H,35,37)/b26-16-,34-33?. The van der Waals surface area contributed by atoms with Crippen LogP contribution in [0, 0.1) is 6.92 Å². The first kappa shape index (κ1) is 23.5. The minimum atomic E-state index is -0.373. The number of nitrogens with zero attached hydrogens (tertiary/aromatic N) is 4. The Hall–Kier alpha value is -5.24. The van der Waals surface area contributed by atoms with Crippen LogP contribution in [0.1, 0.15) is 16.7 Å². The van der Waals surface area contributed by atoms with E-state index in [1.165, 1.54) is 0 Å². The molecule has 4 aromatic carbocycles. The number of rotatable bonds is 5. The number of hydrogen-bond donors (Lipinski definition) is 3. The van der Waals surface area contributed by atoms with E-state index in [4.69, 9.17) is 16.5 Å².